The topological polar surface area (TPSA) is 54.8 Å². The van der Waals surface area contributed by atoms with Gasteiger partial charge in [0.15, 0.2) is 0 Å². The molecule has 2 aliphatic heterocycles. The highest BCUT2D eigenvalue weighted by Crippen LogP contribution is 2.48. The van der Waals surface area contributed by atoms with Crippen molar-refractivity contribution < 1.29 is 14.6 Å². The number of aromatic nitrogens is 1. The van der Waals surface area contributed by atoms with Crippen LogP contribution in [0.15, 0.2) is 36.5 Å². The van der Waals surface area contributed by atoms with Crippen LogP contribution in [-0.4, -0.2) is 42.2 Å². The maximum atomic E-state index is 12.1. The third-order valence-electron chi connectivity index (χ3n) is 5.54. The summed E-state index contributed by atoms with van der Waals surface area (Å²) in [5.74, 6) is 1.51. The van der Waals surface area contributed by atoms with Gasteiger partial charge in [0.25, 0.3) is 0 Å². The van der Waals surface area contributed by atoms with Gasteiger partial charge in [-0.25, -0.2) is 0 Å². The van der Waals surface area contributed by atoms with Gasteiger partial charge in [-0.3, -0.25) is 4.98 Å². The van der Waals surface area contributed by atoms with Gasteiger partial charge in [-0.05, 0) is 57.2 Å². The van der Waals surface area contributed by atoms with Gasteiger partial charge in [-0.1, -0.05) is 6.07 Å². The van der Waals surface area contributed by atoms with Crippen LogP contribution in [0.4, 0.5) is 0 Å². The van der Waals surface area contributed by atoms with Crippen molar-refractivity contribution in [3.8, 4) is 11.5 Å². The quantitative estimate of drug-likeness (QED) is 0.911. The fourth-order valence-electron chi connectivity index (χ4n) is 4.08. The number of piperidine rings is 1. The Bertz CT molecular complexity index is 771. The Morgan fingerprint density at radius 3 is 2.84 bits per heavy atom. The van der Waals surface area contributed by atoms with Crippen LogP contribution in [0.3, 0.4) is 0 Å². The molecule has 0 radical (unpaired) electrons. The van der Waals surface area contributed by atoms with Gasteiger partial charge in [0.1, 0.15) is 23.7 Å². The molecule has 0 saturated carbocycles. The van der Waals surface area contributed by atoms with Gasteiger partial charge in [0, 0.05) is 23.2 Å². The molecule has 1 saturated heterocycles. The molecule has 25 heavy (non-hydrogen) atoms. The summed E-state index contributed by atoms with van der Waals surface area (Å²) in [7, 11) is 3.76. The van der Waals surface area contributed by atoms with Gasteiger partial charge < -0.3 is 19.5 Å². The average molecular weight is 340 g/mol. The summed E-state index contributed by atoms with van der Waals surface area (Å²) in [6, 6.07) is 9.55. The molecule has 5 nitrogen and oxygen atoms in total. The third-order valence-corrected chi connectivity index (χ3v) is 5.54. The number of rotatable bonds is 2. The maximum Gasteiger partial charge on any atom is 0.138 e. The molecule has 1 aromatic carbocycles. The number of likely N-dealkylation sites (tertiary alicyclic amines) is 1. The van der Waals surface area contributed by atoms with Crippen LogP contribution in [0.1, 0.15) is 29.7 Å². The molecular weight excluding hydrogens is 316 g/mol. The van der Waals surface area contributed by atoms with Crippen molar-refractivity contribution in [2.75, 3.05) is 27.2 Å². The first-order valence-electron chi connectivity index (χ1n) is 8.79. The Balaban J connectivity index is 1.91. The second-order valence-corrected chi connectivity index (χ2v) is 7.01. The molecule has 132 valence electrons. The van der Waals surface area contributed by atoms with E-state index < -0.39 is 5.60 Å². The molecule has 3 heterocycles. The second kappa shape index (κ2) is 6.32. The minimum atomic E-state index is -1.17. The minimum Gasteiger partial charge on any atom is -0.497 e. The number of hydrogen-bond acceptors (Lipinski definition) is 5. The van der Waals surface area contributed by atoms with Crippen LogP contribution in [0.2, 0.25) is 0 Å². The van der Waals surface area contributed by atoms with Crippen LogP contribution in [-0.2, 0) is 12.2 Å². The SMILES string of the molecule is COc1ccc2c(c1)C(O)(C1CCN(C)CC1)c1ncccc1CO2. The van der Waals surface area contributed by atoms with Crippen LogP contribution < -0.4 is 9.47 Å². The summed E-state index contributed by atoms with van der Waals surface area (Å²) in [6.45, 7) is 2.35. The van der Waals surface area contributed by atoms with Gasteiger partial charge in [0.05, 0.1) is 12.8 Å². The smallest absolute Gasteiger partial charge is 0.138 e. The zero-order valence-corrected chi connectivity index (χ0v) is 14.7. The van der Waals surface area contributed by atoms with E-state index in [4.69, 9.17) is 9.47 Å². The number of benzene rings is 1. The van der Waals surface area contributed by atoms with Crippen molar-refractivity contribution in [1.82, 2.24) is 9.88 Å². The third kappa shape index (κ3) is 2.68. The molecule has 1 N–H and O–H groups in total. The van der Waals surface area contributed by atoms with E-state index in [0.29, 0.717) is 18.1 Å². The van der Waals surface area contributed by atoms with E-state index in [9.17, 15) is 5.11 Å². The van der Waals surface area contributed by atoms with Crippen LogP contribution >= 0.6 is 0 Å². The fourth-order valence-corrected chi connectivity index (χ4v) is 4.08. The molecule has 2 aliphatic rings. The number of nitrogens with zero attached hydrogens (tertiary/aromatic N) is 2. The van der Waals surface area contributed by atoms with Crippen LogP contribution in [0.5, 0.6) is 11.5 Å². The lowest BCUT2D eigenvalue weighted by Gasteiger charge is -2.40. The fraction of sp³-hybridized carbons (Fsp3) is 0.450. The molecule has 0 amide bonds. The van der Waals surface area contributed by atoms with E-state index in [1.807, 2.05) is 30.3 Å². The van der Waals surface area contributed by atoms with Gasteiger partial charge in [-0.2, -0.15) is 0 Å². The Kier molecular flexibility index (Phi) is 4.13. The largest absolute Gasteiger partial charge is 0.497 e. The zero-order chi connectivity index (χ0) is 17.4. The number of hydrogen-bond donors (Lipinski definition) is 1. The molecule has 4 rings (SSSR count). The number of fused-ring (bicyclic) bond motifs is 2. The van der Waals surface area contributed by atoms with Crippen molar-refractivity contribution in [2.45, 2.75) is 25.0 Å². The van der Waals surface area contributed by atoms with E-state index in [0.717, 1.165) is 42.8 Å². The molecule has 1 unspecified atom stereocenters. The molecular formula is C20H24N2O3. The lowest BCUT2D eigenvalue weighted by atomic mass is 9.73. The Morgan fingerprint density at radius 2 is 2.08 bits per heavy atom. The lowest BCUT2D eigenvalue weighted by Crippen LogP contribution is -2.44. The minimum absolute atomic E-state index is 0.0879. The maximum absolute atomic E-state index is 12.1. The van der Waals surface area contributed by atoms with E-state index >= 15 is 0 Å². The summed E-state index contributed by atoms with van der Waals surface area (Å²) in [6.07, 6.45) is 3.59. The van der Waals surface area contributed by atoms with Crippen molar-refractivity contribution >= 4 is 0 Å². The van der Waals surface area contributed by atoms with Gasteiger partial charge >= 0.3 is 0 Å². The molecule has 5 heteroatoms. The lowest BCUT2D eigenvalue weighted by molar-refractivity contribution is -0.0148. The van der Waals surface area contributed by atoms with Crippen LogP contribution in [0, 0.1) is 5.92 Å². The van der Waals surface area contributed by atoms with Crippen LogP contribution in [0.25, 0.3) is 0 Å². The highest BCUT2D eigenvalue weighted by molar-refractivity contribution is 5.50. The van der Waals surface area contributed by atoms with Crippen molar-refractivity contribution in [3.05, 3.63) is 53.3 Å². The number of methoxy groups -OCH3 is 1. The summed E-state index contributed by atoms with van der Waals surface area (Å²) in [5.41, 5.74) is 1.26. The van der Waals surface area contributed by atoms with E-state index in [1.165, 1.54) is 0 Å². The molecule has 1 atom stereocenters. The first kappa shape index (κ1) is 16.4. The predicted octanol–water partition coefficient (Wildman–Crippen LogP) is 2.56. The molecule has 0 bridgehead atoms. The Morgan fingerprint density at radius 1 is 1.28 bits per heavy atom. The van der Waals surface area contributed by atoms with E-state index in [2.05, 4.69) is 16.9 Å². The molecule has 0 aliphatic carbocycles. The van der Waals surface area contributed by atoms with Crippen molar-refractivity contribution in [3.63, 3.8) is 0 Å². The predicted molar refractivity (Wildman–Crippen MR) is 94.8 cm³/mol. The average Bonchev–Trinajstić information content (AvgIpc) is 2.78. The standard InChI is InChI=1S/C20H24N2O3/c1-22-10-7-15(8-11-22)20(23)17-12-16(24-2)5-6-18(17)25-13-14-4-3-9-21-19(14)20/h3-6,9,12,15,23H,7-8,10-11,13H2,1-2H3. The van der Waals surface area contributed by atoms with E-state index in [-0.39, 0.29) is 5.92 Å². The summed E-state index contributed by atoms with van der Waals surface area (Å²) in [5, 5.41) is 12.1. The monoisotopic (exact) mass is 340 g/mol. The van der Waals surface area contributed by atoms with Gasteiger partial charge in [-0.15, -0.1) is 0 Å². The number of pyridine rings is 1. The van der Waals surface area contributed by atoms with Gasteiger partial charge in [0.2, 0.25) is 0 Å². The first-order chi connectivity index (χ1) is 12.1. The molecule has 0 spiro atoms. The van der Waals surface area contributed by atoms with E-state index in [1.54, 1.807) is 13.3 Å². The summed E-state index contributed by atoms with van der Waals surface area (Å²) in [4.78, 5) is 6.90. The molecule has 2 aromatic rings. The highest BCUT2D eigenvalue weighted by atomic mass is 16.5. The second-order valence-electron chi connectivity index (χ2n) is 7.01. The summed E-state index contributed by atoms with van der Waals surface area (Å²) < 4.78 is 11.4. The Labute approximate surface area is 148 Å². The van der Waals surface area contributed by atoms with Crippen molar-refractivity contribution in [2.24, 2.45) is 5.92 Å². The molecule has 1 aromatic heterocycles. The zero-order valence-electron chi connectivity index (χ0n) is 14.7. The highest BCUT2D eigenvalue weighted by Gasteiger charge is 2.47. The number of aliphatic hydroxyl groups is 1. The Hall–Kier alpha value is -2.11. The number of ether oxygens (including phenoxy) is 2. The summed E-state index contributed by atoms with van der Waals surface area (Å²) >= 11 is 0. The van der Waals surface area contributed by atoms with Crippen molar-refractivity contribution in [1.29, 1.82) is 0 Å². The molecule has 1 fully saturated rings. The first-order valence-corrected chi connectivity index (χ1v) is 8.79. The normalized spacial score (nSPS) is 24.0.